The van der Waals surface area contributed by atoms with Crippen molar-refractivity contribution in [2.75, 3.05) is 72.0 Å². The third-order valence-corrected chi connectivity index (χ3v) is 33.1. The van der Waals surface area contributed by atoms with E-state index in [1.165, 1.54) is 122 Å². The molecule has 4 saturated carbocycles. The zero-order valence-corrected chi connectivity index (χ0v) is 79.7. The molecule has 4 atom stereocenters. The highest BCUT2D eigenvalue weighted by atomic mass is 19.1. The summed E-state index contributed by atoms with van der Waals surface area (Å²) in [7, 11) is 7.39. The molecule has 8 aliphatic heterocycles. The molecule has 4 saturated heterocycles. The van der Waals surface area contributed by atoms with Crippen LogP contribution in [0.15, 0.2) is 219 Å². The Morgan fingerprint density at radius 3 is 0.730 bits per heavy atom. The molecule has 4 spiro atoms. The summed E-state index contributed by atoms with van der Waals surface area (Å²) < 4.78 is 67.7. The van der Waals surface area contributed by atoms with Gasteiger partial charge < -0.3 is 19.6 Å². The molecule has 24 rings (SSSR count). The molecule has 12 heterocycles. The van der Waals surface area contributed by atoms with E-state index in [1.54, 1.807) is 67.8 Å². The summed E-state index contributed by atoms with van der Waals surface area (Å²) in [6, 6.07) is 56.0. The first-order valence-corrected chi connectivity index (χ1v) is 50.3. The molecule has 4 aromatic heterocycles. The molecule has 8 aromatic carbocycles. The molecule has 12 aliphatic rings. The molecule has 0 bridgehead atoms. The first-order chi connectivity index (χ1) is 66.6. The van der Waals surface area contributed by atoms with Crippen molar-refractivity contribution in [1.29, 1.82) is 0 Å². The van der Waals surface area contributed by atoms with Gasteiger partial charge in [-0.3, -0.25) is 57.5 Å². The van der Waals surface area contributed by atoms with Gasteiger partial charge in [-0.05, 0) is 215 Å². The van der Waals surface area contributed by atoms with Gasteiger partial charge in [0.2, 0.25) is 23.6 Å². The summed E-state index contributed by atoms with van der Waals surface area (Å²) in [6.45, 7) is 10.3. The number of carbonyl (C=O) groups is 4. The third-order valence-electron chi connectivity index (χ3n) is 33.1. The van der Waals surface area contributed by atoms with E-state index in [2.05, 4.69) is 71.2 Å². The lowest BCUT2D eigenvalue weighted by Crippen LogP contribution is -2.44. The predicted molar refractivity (Wildman–Crippen MR) is 528 cm³/mol. The van der Waals surface area contributed by atoms with Gasteiger partial charge >= 0.3 is 0 Å². The van der Waals surface area contributed by atoms with Gasteiger partial charge in [0, 0.05) is 171 Å². The van der Waals surface area contributed by atoms with Gasteiger partial charge in [0.1, 0.15) is 23.3 Å². The number of para-hydroxylation sites is 4. The van der Waals surface area contributed by atoms with Gasteiger partial charge in [0.15, 0.2) is 0 Å². The van der Waals surface area contributed by atoms with Crippen molar-refractivity contribution in [2.24, 2.45) is 34.1 Å². The average molecular weight is 1850 g/mol. The molecular weight excluding hydrogens is 1720 g/mol. The van der Waals surface area contributed by atoms with Crippen molar-refractivity contribution in [2.45, 2.75) is 227 Å². The number of rotatable bonds is 16. The first-order valence-electron chi connectivity index (χ1n) is 50.3. The minimum Gasteiger partial charge on any atom is -0.307 e. The normalized spacial score (nSPS) is 24.1. The molecule has 710 valence electrons. The highest BCUT2D eigenvalue weighted by molar-refractivity contribution is 6.11. The zero-order chi connectivity index (χ0) is 94.0. The Morgan fingerprint density at radius 1 is 0.285 bits per heavy atom. The molecule has 20 nitrogen and oxygen atoms in total. The van der Waals surface area contributed by atoms with E-state index in [9.17, 15) is 19.2 Å². The SMILES string of the molecule is CC1CCC(N2CCC3(C2)C(=O)N(Cc2ccc(-c4cnn(C)c4)cc2F)c2ccccc23)CC1.Cn1cc(-c2ccc(CN3C(=O)C4(CCN(C5CCCCC5)C4)c4ccccc43)c(F)c2)cn1.Cn1cc(-c2ccc(CN3C(=O)C4(CCN(C5CCCCC5)C4)c4ccccc43)c(F)c2)cn1.Cn1cc(-c2ccc(CN3C(=O)C4(CCN(C5CCCCC5)C4)c4ccccc43)c(F)c2)cn1. The zero-order valence-electron chi connectivity index (χ0n) is 79.7. The smallest absolute Gasteiger partial charge is 0.239 e. The van der Waals surface area contributed by atoms with Crippen LogP contribution in [0.25, 0.3) is 44.5 Å². The largest absolute Gasteiger partial charge is 0.307 e. The molecule has 12 aromatic rings. The Morgan fingerprint density at radius 2 is 0.511 bits per heavy atom. The highest BCUT2D eigenvalue weighted by Gasteiger charge is 2.60. The number of aryl methyl sites for hydroxylation is 4. The Balaban J connectivity index is 0.000000109. The predicted octanol–water partition coefficient (Wildman–Crippen LogP) is 20.4. The number of halogens is 4. The monoisotopic (exact) mass is 1850 g/mol. The minimum atomic E-state index is -0.508. The van der Waals surface area contributed by atoms with Crippen LogP contribution < -0.4 is 19.6 Å². The van der Waals surface area contributed by atoms with Crippen molar-refractivity contribution in [1.82, 2.24) is 58.7 Å². The molecule has 4 aliphatic carbocycles. The number of hydrogen-bond acceptors (Lipinski definition) is 12. The van der Waals surface area contributed by atoms with E-state index in [-0.39, 0.29) is 73.1 Å². The number of benzene rings is 8. The molecule has 137 heavy (non-hydrogen) atoms. The lowest BCUT2D eigenvalue weighted by atomic mass is 9.80. The number of aromatic nitrogens is 8. The van der Waals surface area contributed by atoms with Crippen LogP contribution in [0.2, 0.25) is 0 Å². The van der Waals surface area contributed by atoms with E-state index in [0.717, 1.165) is 173 Å². The molecule has 24 heteroatoms. The van der Waals surface area contributed by atoms with Crippen molar-refractivity contribution < 1.29 is 36.7 Å². The lowest BCUT2D eigenvalue weighted by molar-refractivity contribution is -0.123. The maximum atomic E-state index is 15.2. The summed E-state index contributed by atoms with van der Waals surface area (Å²) in [4.78, 5) is 73.5. The van der Waals surface area contributed by atoms with Crippen molar-refractivity contribution in [3.8, 4) is 44.5 Å². The summed E-state index contributed by atoms with van der Waals surface area (Å²) in [5, 5.41) is 16.7. The average Bonchev–Trinajstić information content (AvgIpc) is 1.58. The van der Waals surface area contributed by atoms with Gasteiger partial charge in [-0.1, -0.05) is 186 Å². The molecule has 4 unspecified atom stereocenters. The number of amides is 4. The molecule has 0 N–H and O–H groups in total. The Labute approximate surface area is 801 Å². The third kappa shape index (κ3) is 17.4. The second-order valence-electron chi connectivity index (χ2n) is 41.5. The van der Waals surface area contributed by atoms with Gasteiger partial charge in [-0.2, -0.15) is 20.4 Å². The number of anilines is 4. The van der Waals surface area contributed by atoms with E-state index in [4.69, 9.17) is 0 Å². The lowest BCUT2D eigenvalue weighted by Gasteiger charge is -2.34. The summed E-state index contributed by atoms with van der Waals surface area (Å²) >= 11 is 0. The van der Waals surface area contributed by atoms with E-state index < -0.39 is 21.7 Å². The van der Waals surface area contributed by atoms with Crippen LogP contribution in [0, 0.1) is 29.2 Å². The second-order valence-corrected chi connectivity index (χ2v) is 41.5. The van der Waals surface area contributed by atoms with E-state index in [0.29, 0.717) is 46.4 Å². The summed E-state index contributed by atoms with van der Waals surface area (Å²) in [5.41, 5.74) is 15.0. The Kier molecular flexibility index (Phi) is 25.4. The van der Waals surface area contributed by atoms with Crippen LogP contribution in [0.5, 0.6) is 0 Å². The number of likely N-dealkylation sites (tertiary alicyclic amines) is 4. The number of fused-ring (bicyclic) bond motifs is 8. The molecule has 0 radical (unpaired) electrons. The van der Waals surface area contributed by atoms with Crippen LogP contribution in [-0.4, -0.2) is 159 Å². The molecule has 8 fully saturated rings. The highest BCUT2D eigenvalue weighted by Crippen LogP contribution is 2.55. The van der Waals surface area contributed by atoms with Gasteiger partial charge in [0.05, 0.1) is 72.6 Å². The number of carbonyl (C=O) groups excluding carboxylic acids is 4. The van der Waals surface area contributed by atoms with E-state index in [1.807, 2.05) is 194 Å². The van der Waals surface area contributed by atoms with Gasteiger partial charge in [-0.15, -0.1) is 0 Å². The Bertz CT molecular complexity index is 6040. The quantitative estimate of drug-likeness (QED) is 0.0842. The molecular formula is C113H126F4N16O4. The fourth-order valence-corrected chi connectivity index (χ4v) is 25.5. The first kappa shape index (κ1) is 91.5. The van der Waals surface area contributed by atoms with Crippen LogP contribution in [0.3, 0.4) is 0 Å². The van der Waals surface area contributed by atoms with Crippen LogP contribution in [0.4, 0.5) is 40.3 Å². The van der Waals surface area contributed by atoms with E-state index >= 15 is 17.6 Å². The summed E-state index contributed by atoms with van der Waals surface area (Å²) in [6.07, 6.45) is 42.0. The van der Waals surface area contributed by atoms with Crippen molar-refractivity contribution in [3.05, 3.63) is 287 Å². The summed E-state index contributed by atoms with van der Waals surface area (Å²) in [5.74, 6) is 0.163. The Hall–Kier alpha value is -12.0. The minimum absolute atomic E-state index is 0.126. The van der Waals surface area contributed by atoms with Gasteiger partial charge in [-0.25, -0.2) is 17.6 Å². The fourth-order valence-electron chi connectivity index (χ4n) is 25.5. The maximum Gasteiger partial charge on any atom is 0.239 e. The van der Waals surface area contributed by atoms with Crippen LogP contribution in [-0.2, 0) is 95.2 Å². The molecule has 4 amide bonds. The number of nitrogens with zero attached hydrogens (tertiary/aromatic N) is 16. The topological polar surface area (TPSA) is 165 Å². The fraction of sp³-hybridized carbons (Fsp3) is 0.434. The van der Waals surface area contributed by atoms with Gasteiger partial charge in [0.25, 0.3) is 0 Å². The number of hydrogen-bond donors (Lipinski definition) is 0. The van der Waals surface area contributed by atoms with Crippen LogP contribution >= 0.6 is 0 Å². The standard InChI is InChI=1S/C29H33FN4O.3C28H31FN4O/c1-20-7-11-24(12-8-20)33-14-13-29(19-33)25-5-3-4-6-27(25)34(28(29)35)18-22-10-9-21(15-26(22)30)23-16-31-32(2)17-23;3*1-31-17-22(16-30-31)20-11-12-21(25(29)15-20)18-33-26-10-6-5-9-24(26)28(27(33)34)13-14-32(19-28)23-7-3-2-4-8-23/h3-6,9-10,15-17,20,24H,7-8,11-14,18-19H2,1-2H3;3*5-6,9-12,15-17,23H,2-4,7-8,13-14,18-19H2,1H3. The van der Waals surface area contributed by atoms with Crippen LogP contribution in [0.1, 0.15) is 199 Å². The second kappa shape index (κ2) is 38.1. The van der Waals surface area contributed by atoms with Crippen molar-refractivity contribution in [3.63, 3.8) is 0 Å². The van der Waals surface area contributed by atoms with Crippen molar-refractivity contribution >= 4 is 46.4 Å². The maximum absolute atomic E-state index is 15.2.